The normalized spacial score (nSPS) is 12.6. The van der Waals surface area contributed by atoms with E-state index >= 15 is 0 Å². The topological polar surface area (TPSA) is 91.7 Å². The third kappa shape index (κ3) is 4.85. The molecule has 0 aliphatic rings. The molecule has 1 atom stereocenters. The van der Waals surface area contributed by atoms with Crippen LogP contribution in [0.4, 0.5) is 13.2 Å². The summed E-state index contributed by atoms with van der Waals surface area (Å²) >= 11 is 0. The van der Waals surface area contributed by atoms with E-state index in [1.165, 1.54) is 13.8 Å². The number of halogens is 3. The Kier molecular flexibility index (Phi) is 7.47. The fourth-order valence-corrected chi connectivity index (χ4v) is 4.79. The third-order valence-electron chi connectivity index (χ3n) is 5.02. The van der Waals surface area contributed by atoms with Crippen LogP contribution in [0.15, 0.2) is 46.2 Å². The number of sulfone groups is 1. The Morgan fingerprint density at radius 3 is 2.35 bits per heavy atom. The predicted molar refractivity (Wildman–Crippen MR) is 118 cm³/mol. The number of carbonyl (C=O) groups excluding carboxylic acids is 1. The van der Waals surface area contributed by atoms with Crippen LogP contribution in [-0.4, -0.2) is 38.4 Å². The van der Waals surface area contributed by atoms with Gasteiger partial charge in [0, 0.05) is 6.26 Å². The summed E-state index contributed by atoms with van der Waals surface area (Å²) < 4.78 is 79.9. The fraction of sp³-hybridized carbons (Fsp3) is 0.304. The second-order valence-electron chi connectivity index (χ2n) is 7.60. The molecule has 1 heterocycles. The summed E-state index contributed by atoms with van der Waals surface area (Å²) in [6.45, 7) is 2.58. The summed E-state index contributed by atoms with van der Waals surface area (Å²) in [5.41, 5.74) is -2.21. The van der Waals surface area contributed by atoms with E-state index in [4.69, 9.17) is 9.47 Å². The van der Waals surface area contributed by atoms with Crippen molar-refractivity contribution >= 4 is 26.7 Å². The van der Waals surface area contributed by atoms with E-state index < -0.39 is 66.2 Å². The van der Waals surface area contributed by atoms with Gasteiger partial charge in [-0.15, -0.1) is 0 Å². The van der Waals surface area contributed by atoms with Gasteiger partial charge in [-0.3, -0.25) is 4.79 Å². The van der Waals surface area contributed by atoms with Crippen molar-refractivity contribution in [3.05, 3.63) is 75.2 Å². The van der Waals surface area contributed by atoms with Crippen LogP contribution in [0.1, 0.15) is 35.8 Å². The summed E-state index contributed by atoms with van der Waals surface area (Å²) in [6.07, 6.45) is 0.710. The quantitative estimate of drug-likeness (QED) is 0.348. The van der Waals surface area contributed by atoms with Crippen molar-refractivity contribution in [1.82, 2.24) is 4.57 Å². The second-order valence-corrected chi connectivity index (χ2v) is 9.54. The maximum absolute atomic E-state index is 15.0. The molecule has 0 fully saturated rings. The van der Waals surface area contributed by atoms with Crippen molar-refractivity contribution in [3.8, 4) is 0 Å². The number of esters is 1. The number of carbonyl (C=O) groups is 1. The molecule has 0 radical (unpaired) electrons. The van der Waals surface area contributed by atoms with Crippen molar-refractivity contribution in [1.29, 1.82) is 0 Å². The fourth-order valence-electron chi connectivity index (χ4n) is 3.61. The maximum atomic E-state index is 15.0. The summed E-state index contributed by atoms with van der Waals surface area (Å²) in [4.78, 5) is 25.6. The molecule has 0 bridgehead atoms. The van der Waals surface area contributed by atoms with Crippen molar-refractivity contribution in [2.45, 2.75) is 31.5 Å². The van der Waals surface area contributed by atoms with E-state index in [0.717, 1.165) is 10.1 Å². The van der Waals surface area contributed by atoms with Crippen LogP contribution in [0.2, 0.25) is 0 Å². The Balaban J connectivity index is 2.30. The Morgan fingerprint density at radius 2 is 1.76 bits per heavy atom. The molecule has 1 unspecified atom stereocenters. The first-order chi connectivity index (χ1) is 16.0. The number of aromatic nitrogens is 1. The minimum Gasteiger partial charge on any atom is -0.462 e. The SMILES string of the molecule is CCOC(=O)c1c(S(C)(=O)=O)n(C(C)COCc2ccccc2)c2c(F)c(F)c(F)cc2c1=O. The van der Waals surface area contributed by atoms with Crippen molar-refractivity contribution in [2.24, 2.45) is 0 Å². The second kappa shape index (κ2) is 9.98. The summed E-state index contributed by atoms with van der Waals surface area (Å²) in [7, 11) is -4.38. The Labute approximate surface area is 193 Å². The van der Waals surface area contributed by atoms with Crippen LogP contribution < -0.4 is 5.43 Å². The van der Waals surface area contributed by atoms with Crippen LogP contribution in [0.5, 0.6) is 0 Å². The molecule has 0 aliphatic heterocycles. The van der Waals surface area contributed by atoms with Gasteiger partial charge in [0.2, 0.25) is 5.43 Å². The van der Waals surface area contributed by atoms with E-state index in [1.54, 1.807) is 24.3 Å². The van der Waals surface area contributed by atoms with Gasteiger partial charge in [-0.1, -0.05) is 30.3 Å². The molecule has 0 spiro atoms. The molecule has 0 saturated heterocycles. The zero-order chi connectivity index (χ0) is 25.2. The highest BCUT2D eigenvalue weighted by Crippen LogP contribution is 2.30. The van der Waals surface area contributed by atoms with E-state index in [9.17, 15) is 31.2 Å². The van der Waals surface area contributed by atoms with Crippen molar-refractivity contribution in [3.63, 3.8) is 0 Å². The highest BCUT2D eigenvalue weighted by molar-refractivity contribution is 7.90. The first kappa shape index (κ1) is 25.4. The number of pyridine rings is 1. The third-order valence-corrected chi connectivity index (χ3v) is 6.13. The van der Waals surface area contributed by atoms with Gasteiger partial charge in [0.15, 0.2) is 32.3 Å². The van der Waals surface area contributed by atoms with Crippen LogP contribution in [-0.2, 0) is 25.9 Å². The number of benzene rings is 2. The lowest BCUT2D eigenvalue weighted by atomic mass is 10.1. The number of hydrogen-bond acceptors (Lipinski definition) is 6. The number of ether oxygens (including phenoxy) is 2. The van der Waals surface area contributed by atoms with Crippen LogP contribution in [0, 0.1) is 17.5 Å². The maximum Gasteiger partial charge on any atom is 0.345 e. The molecule has 0 aliphatic carbocycles. The predicted octanol–water partition coefficient (Wildman–Crippen LogP) is 3.78. The molecule has 2 aromatic carbocycles. The summed E-state index contributed by atoms with van der Waals surface area (Å²) in [6, 6.07) is 8.37. The molecular formula is C23H22F3NO6S. The minimum absolute atomic E-state index is 0.119. The van der Waals surface area contributed by atoms with Gasteiger partial charge >= 0.3 is 5.97 Å². The molecule has 0 amide bonds. The molecule has 0 N–H and O–H groups in total. The molecule has 1 aromatic heterocycles. The molecule has 34 heavy (non-hydrogen) atoms. The van der Waals surface area contributed by atoms with Gasteiger partial charge in [0.05, 0.1) is 36.8 Å². The van der Waals surface area contributed by atoms with Gasteiger partial charge < -0.3 is 14.0 Å². The zero-order valence-electron chi connectivity index (χ0n) is 18.6. The lowest BCUT2D eigenvalue weighted by molar-refractivity contribution is 0.0516. The van der Waals surface area contributed by atoms with Crippen LogP contribution in [0.3, 0.4) is 0 Å². The summed E-state index contributed by atoms with van der Waals surface area (Å²) in [5, 5.41) is -1.58. The van der Waals surface area contributed by atoms with Gasteiger partial charge in [0.1, 0.15) is 5.56 Å². The first-order valence-corrected chi connectivity index (χ1v) is 12.1. The number of fused-ring (bicyclic) bond motifs is 1. The Hall–Kier alpha value is -3.18. The average molecular weight is 497 g/mol. The van der Waals surface area contributed by atoms with Crippen LogP contribution >= 0.6 is 0 Å². The van der Waals surface area contributed by atoms with Crippen molar-refractivity contribution < 1.29 is 35.9 Å². The highest BCUT2D eigenvalue weighted by Gasteiger charge is 2.33. The van der Waals surface area contributed by atoms with Gasteiger partial charge in [-0.05, 0) is 25.5 Å². The number of hydrogen-bond donors (Lipinski definition) is 0. The van der Waals surface area contributed by atoms with E-state index in [-0.39, 0.29) is 19.8 Å². The largest absolute Gasteiger partial charge is 0.462 e. The highest BCUT2D eigenvalue weighted by atomic mass is 32.2. The van der Waals surface area contributed by atoms with Crippen LogP contribution in [0.25, 0.3) is 10.9 Å². The van der Waals surface area contributed by atoms with E-state index in [2.05, 4.69) is 0 Å². The zero-order valence-corrected chi connectivity index (χ0v) is 19.4. The summed E-state index contributed by atoms with van der Waals surface area (Å²) in [5.74, 6) is -6.60. The van der Waals surface area contributed by atoms with Gasteiger partial charge in [-0.25, -0.2) is 26.4 Å². The molecular weight excluding hydrogens is 475 g/mol. The number of nitrogens with zero attached hydrogens (tertiary/aromatic N) is 1. The van der Waals surface area contributed by atoms with Gasteiger partial charge in [-0.2, -0.15) is 0 Å². The molecule has 11 heteroatoms. The number of rotatable bonds is 8. The van der Waals surface area contributed by atoms with Crippen molar-refractivity contribution in [2.75, 3.05) is 19.5 Å². The Bertz CT molecular complexity index is 1400. The molecule has 3 rings (SSSR count). The molecule has 0 saturated carbocycles. The van der Waals surface area contributed by atoms with Gasteiger partial charge in [0.25, 0.3) is 0 Å². The lowest BCUT2D eigenvalue weighted by Gasteiger charge is -2.24. The minimum atomic E-state index is -4.38. The molecule has 7 nitrogen and oxygen atoms in total. The lowest BCUT2D eigenvalue weighted by Crippen LogP contribution is -2.30. The van der Waals surface area contributed by atoms with E-state index in [0.29, 0.717) is 12.3 Å². The van der Waals surface area contributed by atoms with E-state index in [1.807, 2.05) is 6.07 Å². The molecule has 3 aromatic rings. The standard InChI is InChI=1S/C23H22F3NO6S/c1-4-33-23(29)17-21(28)15-10-16(24)18(25)19(26)20(15)27(22(17)34(3,30)31)13(2)11-32-12-14-8-6-5-7-9-14/h5-10,13H,4,11-12H2,1-3H3. The molecule has 182 valence electrons. The first-order valence-electron chi connectivity index (χ1n) is 10.2. The average Bonchev–Trinajstić information content (AvgIpc) is 2.77. The Morgan fingerprint density at radius 1 is 1.12 bits per heavy atom. The monoisotopic (exact) mass is 497 g/mol. The smallest absolute Gasteiger partial charge is 0.345 e.